The number of nitrogens with two attached hydrogens (primary N) is 1. The first kappa shape index (κ1) is 11.0. The molecule has 0 aromatic carbocycles. The molecule has 0 heterocycles. The maximum atomic E-state index is 5.88. The van der Waals surface area contributed by atoms with Gasteiger partial charge in [-0.3, -0.25) is 4.90 Å². The molecule has 1 rings (SSSR count). The molecule has 0 aromatic heterocycles. The highest BCUT2D eigenvalue weighted by Crippen LogP contribution is 2.40. The molecule has 0 bridgehead atoms. The summed E-state index contributed by atoms with van der Waals surface area (Å²) in [6, 6.07) is 0. The molecule has 1 fully saturated rings. The van der Waals surface area contributed by atoms with Crippen molar-refractivity contribution < 1.29 is 0 Å². The first-order valence-electron chi connectivity index (χ1n) is 5.42. The molecule has 0 aliphatic heterocycles. The van der Waals surface area contributed by atoms with Crippen molar-refractivity contribution in [3.8, 4) is 0 Å². The van der Waals surface area contributed by atoms with E-state index in [1.807, 2.05) is 0 Å². The minimum absolute atomic E-state index is 0.291. The number of rotatable bonds is 4. The summed E-state index contributed by atoms with van der Waals surface area (Å²) in [7, 11) is 2.23. The zero-order chi connectivity index (χ0) is 10.1. The lowest BCUT2D eigenvalue weighted by Crippen LogP contribution is -2.63. The fourth-order valence-electron chi connectivity index (χ4n) is 2.14. The van der Waals surface area contributed by atoms with Crippen LogP contribution in [-0.4, -0.2) is 29.6 Å². The molecule has 2 N–H and O–H groups in total. The average Bonchev–Trinajstić information content (AvgIpc) is 2.03. The predicted octanol–water partition coefficient (Wildman–Crippen LogP) is 1.99. The van der Waals surface area contributed by atoms with Crippen LogP contribution >= 0.6 is 0 Å². The maximum Gasteiger partial charge on any atom is 0.0334 e. The van der Waals surface area contributed by atoms with Gasteiger partial charge in [-0.1, -0.05) is 6.92 Å². The van der Waals surface area contributed by atoms with Crippen molar-refractivity contribution in [2.45, 2.75) is 57.5 Å². The second kappa shape index (κ2) is 3.58. The Balaban J connectivity index is 2.69. The van der Waals surface area contributed by atoms with E-state index in [1.165, 1.54) is 25.7 Å². The van der Waals surface area contributed by atoms with Crippen LogP contribution in [0.5, 0.6) is 0 Å². The van der Waals surface area contributed by atoms with Crippen molar-refractivity contribution in [1.29, 1.82) is 0 Å². The van der Waals surface area contributed by atoms with E-state index in [1.54, 1.807) is 0 Å². The van der Waals surface area contributed by atoms with Crippen molar-refractivity contribution in [3.63, 3.8) is 0 Å². The molecule has 0 unspecified atom stereocenters. The molecule has 1 aliphatic carbocycles. The van der Waals surface area contributed by atoms with Crippen molar-refractivity contribution >= 4 is 0 Å². The van der Waals surface area contributed by atoms with Crippen LogP contribution < -0.4 is 5.73 Å². The summed E-state index contributed by atoms with van der Waals surface area (Å²) in [5, 5.41) is 0. The minimum Gasteiger partial charge on any atom is -0.329 e. The van der Waals surface area contributed by atoms with E-state index in [-0.39, 0.29) is 0 Å². The van der Waals surface area contributed by atoms with Crippen LogP contribution in [0, 0.1) is 0 Å². The van der Waals surface area contributed by atoms with Gasteiger partial charge < -0.3 is 5.73 Å². The highest BCUT2D eigenvalue weighted by molar-refractivity contribution is 5.02. The molecule has 0 saturated heterocycles. The van der Waals surface area contributed by atoms with Gasteiger partial charge in [-0.05, 0) is 46.6 Å². The van der Waals surface area contributed by atoms with E-state index >= 15 is 0 Å². The summed E-state index contributed by atoms with van der Waals surface area (Å²) in [6.45, 7) is 7.68. The summed E-state index contributed by atoms with van der Waals surface area (Å²) in [5.74, 6) is 0. The SMILES string of the molecule is CCC(C)(C)N(C)C1(CN)CCC1. The third-order valence-corrected chi connectivity index (χ3v) is 4.15. The third kappa shape index (κ3) is 1.75. The Morgan fingerprint density at radius 3 is 2.15 bits per heavy atom. The van der Waals surface area contributed by atoms with Crippen LogP contribution in [0.4, 0.5) is 0 Å². The van der Waals surface area contributed by atoms with Gasteiger partial charge in [0.2, 0.25) is 0 Å². The van der Waals surface area contributed by atoms with E-state index in [0.717, 1.165) is 6.54 Å². The van der Waals surface area contributed by atoms with Crippen molar-refractivity contribution in [3.05, 3.63) is 0 Å². The van der Waals surface area contributed by atoms with Gasteiger partial charge in [-0.25, -0.2) is 0 Å². The zero-order valence-electron chi connectivity index (χ0n) is 9.56. The second-order valence-corrected chi connectivity index (χ2v) is 5.01. The summed E-state index contributed by atoms with van der Waals surface area (Å²) in [4.78, 5) is 2.50. The van der Waals surface area contributed by atoms with Gasteiger partial charge in [-0.15, -0.1) is 0 Å². The summed E-state index contributed by atoms with van der Waals surface area (Å²) >= 11 is 0. The van der Waals surface area contributed by atoms with Crippen LogP contribution in [0.1, 0.15) is 46.5 Å². The normalized spacial score (nSPS) is 21.7. The Morgan fingerprint density at radius 1 is 1.38 bits per heavy atom. The lowest BCUT2D eigenvalue weighted by molar-refractivity contribution is -0.0276. The first-order chi connectivity index (χ1) is 5.98. The molecule has 0 atom stereocenters. The number of hydrogen-bond acceptors (Lipinski definition) is 2. The van der Waals surface area contributed by atoms with E-state index in [0.29, 0.717) is 11.1 Å². The summed E-state index contributed by atoms with van der Waals surface area (Å²) < 4.78 is 0. The van der Waals surface area contributed by atoms with Gasteiger partial charge in [0.15, 0.2) is 0 Å². The molecule has 0 amide bonds. The minimum atomic E-state index is 0.291. The molecule has 1 saturated carbocycles. The molecule has 13 heavy (non-hydrogen) atoms. The summed E-state index contributed by atoms with van der Waals surface area (Å²) in [5.41, 5.74) is 6.49. The van der Waals surface area contributed by atoms with Gasteiger partial charge in [0.05, 0.1) is 0 Å². The molecular weight excluding hydrogens is 160 g/mol. The van der Waals surface area contributed by atoms with Gasteiger partial charge in [0, 0.05) is 17.6 Å². The first-order valence-corrected chi connectivity index (χ1v) is 5.42. The van der Waals surface area contributed by atoms with E-state index in [4.69, 9.17) is 5.73 Å². The molecule has 1 aliphatic rings. The molecule has 2 heteroatoms. The lowest BCUT2D eigenvalue weighted by atomic mass is 9.73. The predicted molar refractivity (Wildman–Crippen MR) is 57.8 cm³/mol. The Labute approximate surface area is 82.5 Å². The van der Waals surface area contributed by atoms with Gasteiger partial charge >= 0.3 is 0 Å². The Bertz CT molecular complexity index is 165. The van der Waals surface area contributed by atoms with Crippen LogP contribution in [0.25, 0.3) is 0 Å². The van der Waals surface area contributed by atoms with Crippen molar-refractivity contribution in [2.75, 3.05) is 13.6 Å². The van der Waals surface area contributed by atoms with Gasteiger partial charge in [0.1, 0.15) is 0 Å². The van der Waals surface area contributed by atoms with Gasteiger partial charge in [0.25, 0.3) is 0 Å². The van der Waals surface area contributed by atoms with Gasteiger partial charge in [-0.2, -0.15) is 0 Å². The van der Waals surface area contributed by atoms with Crippen LogP contribution in [0.15, 0.2) is 0 Å². The highest BCUT2D eigenvalue weighted by Gasteiger charge is 2.44. The molecule has 78 valence electrons. The molecule has 2 nitrogen and oxygen atoms in total. The van der Waals surface area contributed by atoms with Crippen LogP contribution in [0.2, 0.25) is 0 Å². The second-order valence-electron chi connectivity index (χ2n) is 5.01. The highest BCUT2D eigenvalue weighted by atomic mass is 15.2. The number of likely N-dealkylation sites (N-methyl/N-ethyl adjacent to an activating group) is 1. The number of nitrogens with zero attached hydrogens (tertiary/aromatic N) is 1. The number of hydrogen-bond donors (Lipinski definition) is 1. The van der Waals surface area contributed by atoms with Crippen molar-refractivity contribution in [1.82, 2.24) is 4.90 Å². The smallest absolute Gasteiger partial charge is 0.0334 e. The van der Waals surface area contributed by atoms with Crippen molar-refractivity contribution in [2.24, 2.45) is 5.73 Å². The van der Waals surface area contributed by atoms with E-state index < -0.39 is 0 Å². The van der Waals surface area contributed by atoms with E-state index in [9.17, 15) is 0 Å². The summed E-state index contributed by atoms with van der Waals surface area (Å²) in [6.07, 6.45) is 5.10. The standard InChI is InChI=1S/C11H24N2/c1-5-10(2,3)13(4)11(9-12)7-6-8-11/h5-9,12H2,1-4H3. The molecular formula is C11H24N2. The third-order valence-electron chi connectivity index (χ3n) is 4.15. The van der Waals surface area contributed by atoms with E-state index in [2.05, 4.69) is 32.7 Å². The molecule has 0 aromatic rings. The average molecular weight is 184 g/mol. The Hall–Kier alpha value is -0.0800. The monoisotopic (exact) mass is 184 g/mol. The molecule has 0 spiro atoms. The fraction of sp³-hybridized carbons (Fsp3) is 1.00. The van der Waals surface area contributed by atoms with Crippen LogP contribution in [0.3, 0.4) is 0 Å². The fourth-order valence-corrected chi connectivity index (χ4v) is 2.14. The van der Waals surface area contributed by atoms with Crippen LogP contribution in [-0.2, 0) is 0 Å². The molecule has 0 radical (unpaired) electrons. The topological polar surface area (TPSA) is 29.3 Å². The quantitative estimate of drug-likeness (QED) is 0.724. The maximum absolute atomic E-state index is 5.88. The Kier molecular flexibility index (Phi) is 3.03. The zero-order valence-corrected chi connectivity index (χ0v) is 9.56. The lowest BCUT2D eigenvalue weighted by Gasteiger charge is -2.54. The Morgan fingerprint density at radius 2 is 1.92 bits per heavy atom. The largest absolute Gasteiger partial charge is 0.329 e.